The fraction of sp³-hybridized carbons (Fsp3) is 0. The molecule has 0 bridgehead atoms. The van der Waals surface area contributed by atoms with E-state index in [-0.39, 0.29) is 5.56 Å². The van der Waals surface area contributed by atoms with Crippen LogP contribution in [0.4, 0.5) is 8.78 Å². The average molecular weight is 275 g/mol. The molecule has 0 saturated carbocycles. The van der Waals surface area contributed by atoms with Crippen molar-refractivity contribution in [2.45, 2.75) is 0 Å². The highest BCUT2D eigenvalue weighted by molar-refractivity contribution is 9.11. The van der Waals surface area contributed by atoms with Crippen molar-refractivity contribution in [3.63, 3.8) is 0 Å². The first-order chi connectivity index (χ1) is 6.70. The minimum Gasteiger partial charge on any atom is -0.204 e. The lowest BCUT2D eigenvalue weighted by molar-refractivity contribution is 0.511. The van der Waals surface area contributed by atoms with Crippen molar-refractivity contribution in [3.05, 3.63) is 45.1 Å². The van der Waals surface area contributed by atoms with E-state index in [0.717, 1.165) is 9.85 Å². The van der Waals surface area contributed by atoms with Gasteiger partial charge in [0, 0.05) is 11.1 Å². The SMILES string of the molecule is Fc1cccc(-c2ccsc2Br)c1F. The molecule has 0 aliphatic heterocycles. The van der Waals surface area contributed by atoms with Crippen LogP contribution in [0.5, 0.6) is 0 Å². The van der Waals surface area contributed by atoms with Gasteiger partial charge in [0.15, 0.2) is 11.6 Å². The number of rotatable bonds is 1. The van der Waals surface area contributed by atoms with Gasteiger partial charge in [0.25, 0.3) is 0 Å². The van der Waals surface area contributed by atoms with Gasteiger partial charge < -0.3 is 0 Å². The van der Waals surface area contributed by atoms with Crippen molar-refractivity contribution in [2.75, 3.05) is 0 Å². The van der Waals surface area contributed by atoms with Gasteiger partial charge in [-0.25, -0.2) is 8.78 Å². The summed E-state index contributed by atoms with van der Waals surface area (Å²) in [5, 5.41) is 1.82. The first-order valence-electron chi connectivity index (χ1n) is 3.87. The molecule has 0 radical (unpaired) electrons. The summed E-state index contributed by atoms with van der Waals surface area (Å²) in [6.45, 7) is 0. The van der Waals surface area contributed by atoms with Crippen molar-refractivity contribution in [3.8, 4) is 11.1 Å². The molecule has 4 heteroatoms. The summed E-state index contributed by atoms with van der Waals surface area (Å²) < 4.78 is 27.1. The molecule has 1 aromatic heterocycles. The lowest BCUT2D eigenvalue weighted by Crippen LogP contribution is -1.87. The average Bonchev–Trinajstić information content (AvgIpc) is 2.57. The third-order valence-electron chi connectivity index (χ3n) is 1.86. The highest BCUT2D eigenvalue weighted by atomic mass is 79.9. The van der Waals surface area contributed by atoms with Crippen molar-refractivity contribution in [1.29, 1.82) is 0 Å². The second-order valence-corrected chi connectivity index (χ2v) is 4.94. The summed E-state index contributed by atoms with van der Waals surface area (Å²) in [6, 6.07) is 5.93. The molecule has 14 heavy (non-hydrogen) atoms. The van der Waals surface area contributed by atoms with Crippen LogP contribution >= 0.6 is 27.3 Å². The van der Waals surface area contributed by atoms with E-state index in [0.29, 0.717) is 5.56 Å². The van der Waals surface area contributed by atoms with Crippen LogP contribution in [0.3, 0.4) is 0 Å². The topological polar surface area (TPSA) is 0 Å². The molecule has 1 heterocycles. The van der Waals surface area contributed by atoms with Crippen LogP contribution in [-0.4, -0.2) is 0 Å². The van der Waals surface area contributed by atoms with Gasteiger partial charge in [0.1, 0.15) is 0 Å². The third-order valence-corrected chi connectivity index (χ3v) is 3.55. The fourth-order valence-electron chi connectivity index (χ4n) is 1.20. The normalized spacial score (nSPS) is 10.5. The molecule has 0 aliphatic carbocycles. The van der Waals surface area contributed by atoms with E-state index in [1.165, 1.54) is 17.4 Å². The summed E-state index contributed by atoms with van der Waals surface area (Å²) in [4.78, 5) is 0. The minimum atomic E-state index is -0.819. The standard InChI is InChI=1S/C10H5BrF2S/c11-10-7(4-5-14-10)6-2-1-3-8(12)9(6)13/h1-5H. The maximum absolute atomic E-state index is 13.4. The molecule has 1 aromatic carbocycles. The largest absolute Gasteiger partial charge is 0.204 e. The van der Waals surface area contributed by atoms with Gasteiger partial charge in [0.2, 0.25) is 0 Å². The Hall–Kier alpha value is -0.740. The molecule has 0 N–H and O–H groups in total. The number of halogens is 3. The summed E-state index contributed by atoms with van der Waals surface area (Å²) in [7, 11) is 0. The molecule has 0 fully saturated rings. The Morgan fingerprint density at radius 2 is 1.86 bits per heavy atom. The van der Waals surface area contributed by atoms with Crippen LogP contribution in [0.25, 0.3) is 11.1 Å². The lowest BCUT2D eigenvalue weighted by atomic mass is 10.1. The predicted octanol–water partition coefficient (Wildman–Crippen LogP) is 4.46. The van der Waals surface area contributed by atoms with Gasteiger partial charge in [-0.05, 0) is 33.4 Å². The third kappa shape index (κ3) is 1.60. The van der Waals surface area contributed by atoms with E-state index in [9.17, 15) is 8.78 Å². The van der Waals surface area contributed by atoms with Gasteiger partial charge in [-0.2, -0.15) is 0 Å². The van der Waals surface area contributed by atoms with Crippen LogP contribution in [0, 0.1) is 11.6 Å². The smallest absolute Gasteiger partial charge is 0.166 e. The second-order valence-electron chi connectivity index (χ2n) is 2.71. The Morgan fingerprint density at radius 3 is 2.50 bits per heavy atom. The van der Waals surface area contributed by atoms with E-state index in [1.807, 2.05) is 5.38 Å². The van der Waals surface area contributed by atoms with Crippen LogP contribution in [0.15, 0.2) is 33.4 Å². The monoisotopic (exact) mass is 274 g/mol. The fourth-order valence-corrected chi connectivity index (χ4v) is 2.50. The zero-order valence-electron chi connectivity index (χ0n) is 6.93. The Bertz CT molecular complexity index is 465. The van der Waals surface area contributed by atoms with E-state index in [2.05, 4.69) is 15.9 Å². The second kappa shape index (κ2) is 3.79. The van der Waals surface area contributed by atoms with Crippen LogP contribution < -0.4 is 0 Å². The van der Waals surface area contributed by atoms with Gasteiger partial charge in [-0.1, -0.05) is 12.1 Å². The molecule has 2 aromatic rings. The molecular formula is C10H5BrF2S. The first-order valence-corrected chi connectivity index (χ1v) is 5.55. The summed E-state index contributed by atoms with van der Waals surface area (Å²) in [5.74, 6) is -1.62. The Morgan fingerprint density at radius 1 is 1.07 bits per heavy atom. The molecule has 2 rings (SSSR count). The Kier molecular flexibility index (Phi) is 2.65. The summed E-state index contributed by atoms with van der Waals surface area (Å²) in [5.41, 5.74) is 0.977. The summed E-state index contributed by atoms with van der Waals surface area (Å²) >= 11 is 4.73. The van der Waals surface area contributed by atoms with Gasteiger partial charge in [-0.3, -0.25) is 0 Å². The molecule has 0 amide bonds. The van der Waals surface area contributed by atoms with Gasteiger partial charge in [0.05, 0.1) is 3.79 Å². The quantitative estimate of drug-likeness (QED) is 0.721. The van der Waals surface area contributed by atoms with Crippen LogP contribution in [0.2, 0.25) is 0 Å². The molecule has 0 atom stereocenters. The molecule has 72 valence electrons. The number of hydrogen-bond acceptors (Lipinski definition) is 1. The molecule has 0 spiro atoms. The van der Waals surface area contributed by atoms with E-state index in [4.69, 9.17) is 0 Å². The predicted molar refractivity (Wildman–Crippen MR) is 57.4 cm³/mol. The van der Waals surface area contributed by atoms with Crippen molar-refractivity contribution < 1.29 is 8.78 Å². The van der Waals surface area contributed by atoms with E-state index in [1.54, 1.807) is 12.1 Å². The number of hydrogen-bond donors (Lipinski definition) is 0. The molecule has 0 saturated heterocycles. The molecule has 0 unspecified atom stereocenters. The zero-order chi connectivity index (χ0) is 10.1. The van der Waals surface area contributed by atoms with Crippen molar-refractivity contribution in [2.24, 2.45) is 0 Å². The Balaban J connectivity index is 2.63. The number of benzene rings is 1. The van der Waals surface area contributed by atoms with Gasteiger partial charge in [-0.15, -0.1) is 11.3 Å². The molecule has 0 nitrogen and oxygen atoms in total. The minimum absolute atomic E-state index is 0.290. The zero-order valence-corrected chi connectivity index (χ0v) is 9.33. The molecule has 0 aliphatic rings. The summed E-state index contributed by atoms with van der Waals surface area (Å²) in [6.07, 6.45) is 0. The van der Waals surface area contributed by atoms with Crippen molar-refractivity contribution in [1.82, 2.24) is 0 Å². The first kappa shape index (κ1) is 9.80. The maximum Gasteiger partial charge on any atom is 0.166 e. The lowest BCUT2D eigenvalue weighted by Gasteiger charge is -2.01. The Labute approximate surface area is 92.3 Å². The van der Waals surface area contributed by atoms with E-state index < -0.39 is 11.6 Å². The van der Waals surface area contributed by atoms with E-state index >= 15 is 0 Å². The van der Waals surface area contributed by atoms with Crippen LogP contribution in [0.1, 0.15) is 0 Å². The number of thiophene rings is 1. The maximum atomic E-state index is 13.4. The highest BCUT2D eigenvalue weighted by Crippen LogP contribution is 2.34. The highest BCUT2D eigenvalue weighted by Gasteiger charge is 2.12. The van der Waals surface area contributed by atoms with Crippen molar-refractivity contribution >= 4 is 27.3 Å². The van der Waals surface area contributed by atoms with Gasteiger partial charge >= 0.3 is 0 Å². The molecular weight excluding hydrogens is 270 g/mol. The van der Waals surface area contributed by atoms with Crippen LogP contribution in [-0.2, 0) is 0 Å².